The highest BCUT2D eigenvalue weighted by molar-refractivity contribution is 7.86. The van der Waals surface area contributed by atoms with E-state index in [2.05, 4.69) is 11.3 Å². The Balaban J connectivity index is 3.14. The quantitative estimate of drug-likeness (QED) is 0.500. The Hall–Kier alpha value is -0.160. The number of hydrogen-bond acceptors (Lipinski definition) is 3. The fourth-order valence-corrected chi connectivity index (χ4v) is 2.42. The van der Waals surface area contributed by atoms with E-state index in [1.807, 2.05) is 0 Å². The lowest BCUT2D eigenvalue weighted by atomic mass is 10.1. The molecule has 3 nitrogen and oxygen atoms in total. The van der Waals surface area contributed by atoms with Crippen LogP contribution in [0.15, 0.2) is 0 Å². The van der Waals surface area contributed by atoms with Crippen molar-refractivity contribution in [3.05, 3.63) is 0 Å². The molecule has 0 saturated heterocycles. The van der Waals surface area contributed by atoms with Gasteiger partial charge < -0.3 is 0 Å². The molecule has 17 heavy (non-hydrogen) atoms. The maximum absolute atomic E-state index is 11.5. The molecule has 0 fully saturated rings. The lowest BCUT2D eigenvalue weighted by Crippen LogP contribution is -2.05. The smallest absolute Gasteiger partial charge is 0.197 e. The molecule has 0 bridgehead atoms. The van der Waals surface area contributed by atoms with Gasteiger partial charge >= 0.3 is 0 Å². The third kappa shape index (κ3) is 12.1. The molecule has 104 valence electrons. The molecule has 5 heteroatoms. The highest BCUT2D eigenvalue weighted by atomic mass is 32.2. The molecule has 0 aliphatic carbocycles. The Bertz CT molecular complexity index is 252. The van der Waals surface area contributed by atoms with Gasteiger partial charge in [0.15, 0.2) is 0 Å². The molecule has 0 aliphatic rings. The maximum atomic E-state index is 11.5. The lowest BCUT2D eigenvalue weighted by Gasteiger charge is -2.01. The molecule has 0 heterocycles. The zero-order valence-electron chi connectivity index (χ0n) is 10.8. The highest BCUT2D eigenvalue weighted by Gasteiger charge is 2.10. The summed E-state index contributed by atoms with van der Waals surface area (Å²) in [4.78, 5) is 0. The molecule has 0 unspecified atom stereocenters. The van der Waals surface area contributed by atoms with Crippen LogP contribution in [0.5, 0.6) is 0 Å². The number of unbranched alkanes of at least 4 members (excludes halogenated alkanes) is 9. The number of rotatable bonds is 12. The third-order valence-electron chi connectivity index (χ3n) is 2.84. The van der Waals surface area contributed by atoms with Gasteiger partial charge in [0.2, 0.25) is 0 Å². The molecule has 0 saturated carbocycles. The predicted molar refractivity (Wildman–Crippen MR) is 67.8 cm³/mol. The van der Waals surface area contributed by atoms with Crippen LogP contribution in [0.3, 0.4) is 0 Å². The molecule has 0 rings (SSSR count). The van der Waals surface area contributed by atoms with Gasteiger partial charge in [0, 0.05) is 0 Å². The van der Waals surface area contributed by atoms with Gasteiger partial charge in [0.05, 0.1) is 5.75 Å². The van der Waals surface area contributed by atoms with Crippen molar-refractivity contribution in [1.29, 1.82) is 0 Å². The van der Waals surface area contributed by atoms with Crippen LogP contribution in [0, 0.1) is 0 Å². The van der Waals surface area contributed by atoms with Gasteiger partial charge in [0.1, 0.15) is 0 Å². The fraction of sp³-hybridized carbons (Fsp3) is 1.00. The summed E-state index contributed by atoms with van der Waals surface area (Å²) in [5.41, 5.74) is 0. The third-order valence-corrected chi connectivity index (χ3v) is 3.82. The van der Waals surface area contributed by atoms with Gasteiger partial charge in [-0.1, -0.05) is 69.1 Å². The second-order valence-electron chi connectivity index (χ2n) is 4.51. The molecule has 0 N–H and O–H groups in total. The lowest BCUT2D eigenvalue weighted by molar-refractivity contribution is 0.00288. The van der Waals surface area contributed by atoms with E-state index in [-0.39, 0.29) is 5.75 Å². The van der Waals surface area contributed by atoms with Gasteiger partial charge in [-0.05, 0) is 10.9 Å². The van der Waals surface area contributed by atoms with Crippen LogP contribution in [0.4, 0.5) is 4.53 Å². The molecule has 0 aliphatic heterocycles. The van der Waals surface area contributed by atoms with Crippen molar-refractivity contribution in [3.8, 4) is 0 Å². The van der Waals surface area contributed by atoms with Gasteiger partial charge in [-0.2, -0.15) is 8.42 Å². The van der Waals surface area contributed by atoms with Crippen LogP contribution in [0.1, 0.15) is 71.1 Å². The van der Waals surface area contributed by atoms with Crippen molar-refractivity contribution < 1.29 is 17.3 Å². The molecule has 0 atom stereocenters. The monoisotopic (exact) mass is 268 g/mol. The molecule has 0 amide bonds. The fourth-order valence-electron chi connectivity index (χ4n) is 1.80. The highest BCUT2D eigenvalue weighted by Crippen LogP contribution is 2.11. The minimum absolute atomic E-state index is 0.208. The van der Waals surface area contributed by atoms with Crippen LogP contribution in [0.25, 0.3) is 0 Å². The van der Waals surface area contributed by atoms with Crippen LogP contribution in [-0.2, 0) is 14.5 Å². The van der Waals surface area contributed by atoms with Gasteiger partial charge in [-0.15, -0.1) is 0 Å². The first-order valence-electron chi connectivity index (χ1n) is 6.65. The summed E-state index contributed by atoms with van der Waals surface area (Å²) in [5, 5.41) is 0. The van der Waals surface area contributed by atoms with Crippen molar-refractivity contribution in [3.63, 3.8) is 0 Å². The van der Waals surface area contributed by atoms with E-state index in [0.29, 0.717) is 6.42 Å². The van der Waals surface area contributed by atoms with Crippen LogP contribution < -0.4 is 0 Å². The second-order valence-corrected chi connectivity index (χ2v) is 6.16. The van der Waals surface area contributed by atoms with Crippen molar-refractivity contribution in [1.82, 2.24) is 0 Å². The van der Waals surface area contributed by atoms with E-state index >= 15 is 0 Å². The van der Waals surface area contributed by atoms with E-state index in [9.17, 15) is 12.9 Å². The van der Waals surface area contributed by atoms with E-state index in [4.69, 9.17) is 0 Å². The Labute approximate surface area is 105 Å². The summed E-state index contributed by atoms with van der Waals surface area (Å²) >= 11 is 0. The average molecular weight is 268 g/mol. The Morgan fingerprint density at radius 2 is 1.24 bits per heavy atom. The Morgan fingerprint density at radius 1 is 0.824 bits per heavy atom. The molecule has 0 spiro atoms. The first kappa shape index (κ1) is 16.8. The van der Waals surface area contributed by atoms with Crippen molar-refractivity contribution >= 4 is 10.1 Å². The van der Waals surface area contributed by atoms with E-state index < -0.39 is 10.1 Å². The summed E-state index contributed by atoms with van der Waals surface area (Å²) in [6.07, 6.45) is 11.2. The van der Waals surface area contributed by atoms with Crippen LogP contribution in [0.2, 0.25) is 0 Å². The Kier molecular flexibility index (Phi) is 10.9. The van der Waals surface area contributed by atoms with Crippen molar-refractivity contribution in [2.24, 2.45) is 0 Å². The van der Waals surface area contributed by atoms with Crippen molar-refractivity contribution in [2.45, 2.75) is 71.1 Å². The summed E-state index contributed by atoms with van der Waals surface area (Å²) in [6, 6.07) is 0. The minimum atomic E-state index is -3.89. The largest absolute Gasteiger partial charge is 0.297 e. The molecule has 0 radical (unpaired) electrons. The van der Waals surface area contributed by atoms with Gasteiger partial charge in [-0.25, -0.2) is 0 Å². The van der Waals surface area contributed by atoms with E-state index in [0.717, 1.165) is 19.3 Å². The predicted octanol–water partition coefficient (Wildman–Crippen LogP) is 4.14. The van der Waals surface area contributed by atoms with Crippen molar-refractivity contribution in [2.75, 3.05) is 5.75 Å². The number of halogens is 1. The molecular weight excluding hydrogens is 243 g/mol. The summed E-state index contributed by atoms with van der Waals surface area (Å²) < 4.78 is 35.6. The Morgan fingerprint density at radius 3 is 1.65 bits per heavy atom. The first-order valence-corrected chi connectivity index (χ1v) is 8.23. The van der Waals surface area contributed by atoms with E-state index in [1.54, 1.807) is 0 Å². The van der Waals surface area contributed by atoms with Gasteiger partial charge in [0.25, 0.3) is 10.1 Å². The second kappa shape index (κ2) is 11.0. The van der Waals surface area contributed by atoms with Crippen LogP contribution in [-0.4, -0.2) is 14.2 Å². The first-order chi connectivity index (χ1) is 8.12. The zero-order chi connectivity index (χ0) is 13.0. The van der Waals surface area contributed by atoms with Crippen LogP contribution >= 0.6 is 0 Å². The number of hydrogen-bond donors (Lipinski definition) is 0. The van der Waals surface area contributed by atoms with Gasteiger partial charge in [-0.3, -0.25) is 0 Å². The summed E-state index contributed by atoms with van der Waals surface area (Å²) in [5.74, 6) is -0.208. The average Bonchev–Trinajstić information content (AvgIpc) is 2.31. The molecular formula is C12H25FO3S. The normalized spacial score (nSPS) is 11.9. The summed E-state index contributed by atoms with van der Waals surface area (Å²) in [7, 11) is -3.89. The zero-order valence-corrected chi connectivity index (χ0v) is 11.6. The van der Waals surface area contributed by atoms with E-state index in [1.165, 1.54) is 38.5 Å². The minimum Gasteiger partial charge on any atom is -0.197 e. The molecule has 0 aromatic carbocycles. The topological polar surface area (TPSA) is 43.4 Å². The summed E-state index contributed by atoms with van der Waals surface area (Å²) in [6.45, 7) is 2.20. The molecule has 0 aromatic rings. The maximum Gasteiger partial charge on any atom is 0.297 e. The standard InChI is InChI=1S/C12H25FO3S/c1-2-3-4-5-6-7-8-9-10-11-12-17(14,15)16-13/h2-12H2,1H3. The molecule has 0 aromatic heterocycles. The SMILES string of the molecule is CCCCCCCCCCCCS(=O)(=O)OF.